The molecule has 4 heteroatoms. The molecule has 2 N–H and O–H groups in total. The van der Waals surface area contributed by atoms with Gasteiger partial charge in [0.15, 0.2) is 0 Å². The molecule has 0 spiro atoms. The molecule has 1 aromatic carbocycles. The van der Waals surface area contributed by atoms with Crippen LogP contribution in [-0.2, 0) is 4.79 Å². The van der Waals surface area contributed by atoms with Crippen LogP contribution in [0.25, 0.3) is 0 Å². The smallest absolute Gasteiger partial charge is 0.234 e. The van der Waals surface area contributed by atoms with E-state index in [2.05, 4.69) is 10.6 Å². The highest BCUT2D eigenvalue weighted by Crippen LogP contribution is 2.16. The van der Waals surface area contributed by atoms with Crippen molar-refractivity contribution >= 4 is 17.5 Å². The van der Waals surface area contributed by atoms with E-state index in [1.807, 2.05) is 31.2 Å². The van der Waals surface area contributed by atoms with Crippen LogP contribution in [0.2, 0.25) is 5.02 Å². The molecule has 0 fully saturated rings. The van der Waals surface area contributed by atoms with Gasteiger partial charge in [-0.1, -0.05) is 23.7 Å². The lowest BCUT2D eigenvalue weighted by Gasteiger charge is -2.14. The molecule has 82 valence electrons. The number of hydrogen-bond acceptors (Lipinski definition) is 2. The van der Waals surface area contributed by atoms with Gasteiger partial charge in [-0.2, -0.15) is 0 Å². The van der Waals surface area contributed by atoms with E-state index in [1.165, 1.54) is 0 Å². The van der Waals surface area contributed by atoms with Crippen molar-refractivity contribution in [3.63, 3.8) is 0 Å². The van der Waals surface area contributed by atoms with E-state index in [9.17, 15) is 4.79 Å². The average Bonchev–Trinajstić information content (AvgIpc) is 2.18. The SMILES string of the molecule is CNCC(=O)N[C@@H](C)c1cccc(Cl)c1. The van der Waals surface area contributed by atoms with Crippen LogP contribution in [0.5, 0.6) is 0 Å². The van der Waals surface area contributed by atoms with Crippen molar-refractivity contribution in [2.45, 2.75) is 13.0 Å². The number of likely N-dealkylation sites (N-methyl/N-ethyl adjacent to an activating group) is 1. The first-order valence-corrected chi connectivity index (χ1v) is 5.20. The molecule has 0 aromatic heterocycles. The molecular formula is C11H15ClN2O. The van der Waals surface area contributed by atoms with Crippen molar-refractivity contribution in [3.05, 3.63) is 34.9 Å². The summed E-state index contributed by atoms with van der Waals surface area (Å²) < 4.78 is 0. The second-order valence-corrected chi connectivity index (χ2v) is 3.81. The Hall–Kier alpha value is -1.06. The van der Waals surface area contributed by atoms with Crippen LogP contribution in [0.1, 0.15) is 18.5 Å². The van der Waals surface area contributed by atoms with Crippen LogP contribution in [0.3, 0.4) is 0 Å². The lowest BCUT2D eigenvalue weighted by Crippen LogP contribution is -2.33. The first kappa shape index (κ1) is 12.0. The van der Waals surface area contributed by atoms with Crippen molar-refractivity contribution in [1.82, 2.24) is 10.6 Å². The average molecular weight is 227 g/mol. The number of nitrogens with one attached hydrogen (secondary N) is 2. The van der Waals surface area contributed by atoms with Crippen LogP contribution in [0.15, 0.2) is 24.3 Å². The van der Waals surface area contributed by atoms with Crippen LogP contribution >= 0.6 is 11.6 Å². The Morgan fingerprint density at radius 2 is 2.27 bits per heavy atom. The van der Waals surface area contributed by atoms with Crippen molar-refractivity contribution in [3.8, 4) is 0 Å². The molecule has 1 rings (SSSR count). The van der Waals surface area contributed by atoms with Crippen LogP contribution < -0.4 is 10.6 Å². The lowest BCUT2D eigenvalue weighted by atomic mass is 10.1. The number of hydrogen-bond donors (Lipinski definition) is 2. The first-order valence-electron chi connectivity index (χ1n) is 4.83. The Balaban J connectivity index is 2.60. The van der Waals surface area contributed by atoms with Gasteiger partial charge in [-0.05, 0) is 31.7 Å². The Morgan fingerprint density at radius 1 is 1.53 bits per heavy atom. The minimum Gasteiger partial charge on any atom is -0.348 e. The van der Waals surface area contributed by atoms with Gasteiger partial charge in [-0.25, -0.2) is 0 Å². The van der Waals surface area contributed by atoms with E-state index in [0.717, 1.165) is 5.56 Å². The van der Waals surface area contributed by atoms with Gasteiger partial charge in [0.25, 0.3) is 0 Å². The highest BCUT2D eigenvalue weighted by atomic mass is 35.5. The van der Waals surface area contributed by atoms with Crippen molar-refractivity contribution < 1.29 is 4.79 Å². The maximum Gasteiger partial charge on any atom is 0.234 e. The molecule has 0 saturated heterocycles. The summed E-state index contributed by atoms with van der Waals surface area (Å²) in [5, 5.41) is 6.34. The van der Waals surface area contributed by atoms with E-state index in [-0.39, 0.29) is 11.9 Å². The third kappa shape index (κ3) is 3.90. The van der Waals surface area contributed by atoms with Gasteiger partial charge in [0, 0.05) is 5.02 Å². The summed E-state index contributed by atoms with van der Waals surface area (Å²) in [6.45, 7) is 2.25. The van der Waals surface area contributed by atoms with E-state index in [1.54, 1.807) is 7.05 Å². The Kier molecular flexibility index (Phi) is 4.59. The topological polar surface area (TPSA) is 41.1 Å². The normalized spacial score (nSPS) is 12.2. The van der Waals surface area contributed by atoms with E-state index in [0.29, 0.717) is 11.6 Å². The number of carbonyl (C=O) groups is 1. The van der Waals surface area contributed by atoms with Gasteiger partial charge in [0.1, 0.15) is 0 Å². The van der Waals surface area contributed by atoms with Gasteiger partial charge in [-0.3, -0.25) is 4.79 Å². The van der Waals surface area contributed by atoms with E-state index >= 15 is 0 Å². The Bertz CT molecular complexity index is 341. The molecular weight excluding hydrogens is 212 g/mol. The highest BCUT2D eigenvalue weighted by Gasteiger charge is 2.08. The second kappa shape index (κ2) is 5.73. The zero-order chi connectivity index (χ0) is 11.3. The van der Waals surface area contributed by atoms with Gasteiger partial charge >= 0.3 is 0 Å². The molecule has 0 saturated carbocycles. The fourth-order valence-electron chi connectivity index (χ4n) is 1.31. The predicted molar refractivity (Wildman–Crippen MR) is 61.9 cm³/mol. The fraction of sp³-hybridized carbons (Fsp3) is 0.364. The molecule has 3 nitrogen and oxygen atoms in total. The summed E-state index contributed by atoms with van der Waals surface area (Å²) in [6, 6.07) is 7.46. The number of rotatable bonds is 4. The molecule has 0 radical (unpaired) electrons. The second-order valence-electron chi connectivity index (χ2n) is 3.37. The number of benzene rings is 1. The third-order valence-electron chi connectivity index (χ3n) is 2.06. The minimum absolute atomic E-state index is 0.0232. The lowest BCUT2D eigenvalue weighted by molar-refractivity contribution is -0.120. The van der Waals surface area contributed by atoms with Gasteiger partial charge in [-0.15, -0.1) is 0 Å². The van der Waals surface area contributed by atoms with E-state index in [4.69, 9.17) is 11.6 Å². The molecule has 0 aliphatic heterocycles. The first-order chi connectivity index (χ1) is 7.13. The summed E-state index contributed by atoms with van der Waals surface area (Å²) in [7, 11) is 1.74. The summed E-state index contributed by atoms with van der Waals surface area (Å²) in [5.74, 6) is -0.0232. The molecule has 1 aromatic rings. The zero-order valence-electron chi connectivity index (χ0n) is 8.88. The maximum absolute atomic E-state index is 11.3. The van der Waals surface area contributed by atoms with E-state index < -0.39 is 0 Å². The summed E-state index contributed by atoms with van der Waals surface area (Å²) in [6.07, 6.45) is 0. The molecule has 15 heavy (non-hydrogen) atoms. The zero-order valence-corrected chi connectivity index (χ0v) is 9.64. The Labute approximate surface area is 94.8 Å². The highest BCUT2D eigenvalue weighted by molar-refractivity contribution is 6.30. The van der Waals surface area contributed by atoms with Gasteiger partial charge in [0.2, 0.25) is 5.91 Å². The summed E-state index contributed by atoms with van der Waals surface area (Å²) >= 11 is 5.86. The molecule has 0 unspecified atom stereocenters. The number of halogens is 1. The molecule has 0 aliphatic carbocycles. The number of carbonyl (C=O) groups excluding carboxylic acids is 1. The molecule has 1 amide bonds. The number of amides is 1. The summed E-state index contributed by atoms with van der Waals surface area (Å²) in [4.78, 5) is 11.3. The quantitative estimate of drug-likeness (QED) is 0.821. The Morgan fingerprint density at radius 3 is 2.87 bits per heavy atom. The molecule has 0 heterocycles. The van der Waals surface area contributed by atoms with Gasteiger partial charge in [0.05, 0.1) is 12.6 Å². The van der Waals surface area contributed by atoms with Crippen LogP contribution in [0, 0.1) is 0 Å². The van der Waals surface area contributed by atoms with Crippen molar-refractivity contribution in [1.29, 1.82) is 0 Å². The largest absolute Gasteiger partial charge is 0.348 e. The fourth-order valence-corrected chi connectivity index (χ4v) is 1.51. The standard InChI is InChI=1S/C11H15ClN2O/c1-8(14-11(15)7-13-2)9-4-3-5-10(12)6-9/h3-6,8,13H,7H2,1-2H3,(H,14,15)/t8-/m0/s1. The maximum atomic E-state index is 11.3. The third-order valence-corrected chi connectivity index (χ3v) is 2.30. The summed E-state index contributed by atoms with van der Waals surface area (Å²) in [5.41, 5.74) is 1.01. The monoisotopic (exact) mass is 226 g/mol. The molecule has 0 aliphatic rings. The predicted octanol–water partition coefficient (Wildman–Crippen LogP) is 1.74. The van der Waals surface area contributed by atoms with Crippen molar-refractivity contribution in [2.24, 2.45) is 0 Å². The van der Waals surface area contributed by atoms with Gasteiger partial charge < -0.3 is 10.6 Å². The van der Waals surface area contributed by atoms with Crippen LogP contribution in [0.4, 0.5) is 0 Å². The minimum atomic E-state index is -0.0236. The van der Waals surface area contributed by atoms with Crippen LogP contribution in [-0.4, -0.2) is 19.5 Å². The van der Waals surface area contributed by atoms with Crippen molar-refractivity contribution in [2.75, 3.05) is 13.6 Å². The molecule has 0 bridgehead atoms. The molecule has 1 atom stereocenters.